The number of H-pyrrole nitrogens is 2. The van der Waals surface area contributed by atoms with Crippen molar-refractivity contribution in [2.45, 2.75) is 13.1 Å². The fourth-order valence-electron chi connectivity index (χ4n) is 2.20. The molecule has 3 rings (SSSR count). The zero-order chi connectivity index (χ0) is 16.1. The molecule has 0 unspecified atom stereocenters. The van der Waals surface area contributed by atoms with Crippen LogP contribution in [0.25, 0.3) is 16.9 Å². The van der Waals surface area contributed by atoms with Crippen LogP contribution in [0.4, 0.5) is 13.2 Å². The fraction of sp³-hybridized carbons (Fsp3) is 0.154. The van der Waals surface area contributed by atoms with E-state index in [0.717, 1.165) is 16.7 Å². The highest BCUT2D eigenvalue weighted by atomic mass is 19.4. The molecule has 0 radical (unpaired) electrons. The molecule has 0 saturated carbocycles. The molecule has 0 atom stereocenters. The van der Waals surface area contributed by atoms with E-state index in [1.807, 2.05) is 0 Å². The van der Waals surface area contributed by atoms with Crippen molar-refractivity contribution in [3.63, 3.8) is 0 Å². The van der Waals surface area contributed by atoms with Gasteiger partial charge in [0, 0.05) is 0 Å². The number of aromatic amines is 2. The van der Waals surface area contributed by atoms with Gasteiger partial charge in [-0.2, -0.15) is 13.2 Å². The van der Waals surface area contributed by atoms with Gasteiger partial charge in [0.05, 0.1) is 11.3 Å². The minimum Gasteiger partial charge on any atom is -0.309 e. The van der Waals surface area contributed by atoms with Crippen molar-refractivity contribution in [1.29, 1.82) is 0 Å². The standard InChI is InChI=1S/C13H9F3N4O2/c1-6-17-10-9(11(21)18-6)20(12(22)19-10)8-4-2-3-7(5-8)13(14,15)16/h2-5H,1H3,(H2,17,18,19,21,22). The Bertz CT molecular complexity index is 981. The maximum absolute atomic E-state index is 12.8. The van der Waals surface area contributed by atoms with Crippen LogP contribution in [0.2, 0.25) is 0 Å². The van der Waals surface area contributed by atoms with Crippen LogP contribution in [0.1, 0.15) is 11.4 Å². The lowest BCUT2D eigenvalue weighted by atomic mass is 10.2. The second-order valence-corrected chi connectivity index (χ2v) is 4.66. The molecule has 6 nitrogen and oxygen atoms in total. The monoisotopic (exact) mass is 310 g/mol. The molecule has 9 heteroatoms. The summed E-state index contributed by atoms with van der Waals surface area (Å²) in [7, 11) is 0. The van der Waals surface area contributed by atoms with Gasteiger partial charge in [-0.1, -0.05) is 6.07 Å². The number of imidazole rings is 1. The van der Waals surface area contributed by atoms with E-state index in [-0.39, 0.29) is 22.7 Å². The maximum atomic E-state index is 12.8. The number of aryl methyl sites for hydroxylation is 1. The van der Waals surface area contributed by atoms with E-state index >= 15 is 0 Å². The molecular weight excluding hydrogens is 301 g/mol. The van der Waals surface area contributed by atoms with Gasteiger partial charge in [0.25, 0.3) is 5.56 Å². The summed E-state index contributed by atoms with van der Waals surface area (Å²) in [5, 5.41) is 0. The molecule has 0 aliphatic heterocycles. The Labute approximate surface area is 120 Å². The molecule has 0 aliphatic rings. The molecule has 2 heterocycles. The van der Waals surface area contributed by atoms with Gasteiger partial charge in [-0.15, -0.1) is 0 Å². The smallest absolute Gasteiger partial charge is 0.309 e. The third kappa shape index (κ3) is 2.20. The molecule has 0 fully saturated rings. The minimum absolute atomic E-state index is 0.0173. The molecule has 0 bridgehead atoms. The number of rotatable bonds is 1. The number of hydrogen-bond acceptors (Lipinski definition) is 3. The summed E-state index contributed by atoms with van der Waals surface area (Å²) in [6, 6.07) is 4.16. The molecule has 0 amide bonds. The Balaban J connectivity index is 2.34. The first-order valence-electron chi connectivity index (χ1n) is 6.16. The molecule has 2 aromatic heterocycles. The van der Waals surface area contributed by atoms with E-state index in [9.17, 15) is 22.8 Å². The molecule has 3 aromatic rings. The first-order valence-corrected chi connectivity index (χ1v) is 6.16. The minimum atomic E-state index is -4.55. The summed E-state index contributed by atoms with van der Waals surface area (Å²) in [6.07, 6.45) is -4.55. The van der Waals surface area contributed by atoms with E-state index in [2.05, 4.69) is 15.0 Å². The van der Waals surface area contributed by atoms with Gasteiger partial charge in [-0.25, -0.2) is 9.78 Å². The number of nitrogens with one attached hydrogen (secondary N) is 2. The van der Waals surface area contributed by atoms with Gasteiger partial charge in [0.15, 0.2) is 11.2 Å². The van der Waals surface area contributed by atoms with Crippen molar-refractivity contribution in [3.05, 3.63) is 56.5 Å². The predicted molar refractivity (Wildman–Crippen MR) is 72.1 cm³/mol. The second kappa shape index (κ2) is 4.58. The van der Waals surface area contributed by atoms with Crippen LogP contribution in [0.5, 0.6) is 0 Å². The van der Waals surface area contributed by atoms with Gasteiger partial charge in [0.1, 0.15) is 5.82 Å². The van der Waals surface area contributed by atoms with Crippen LogP contribution >= 0.6 is 0 Å². The number of nitrogens with zero attached hydrogens (tertiary/aromatic N) is 2. The van der Waals surface area contributed by atoms with Crippen LogP contribution in [0.15, 0.2) is 33.9 Å². The Morgan fingerprint density at radius 1 is 1.18 bits per heavy atom. The number of halogens is 3. The number of aromatic nitrogens is 4. The van der Waals surface area contributed by atoms with E-state index in [4.69, 9.17) is 0 Å². The SMILES string of the molecule is Cc1nc2[nH]c(=O)n(-c3cccc(C(F)(F)F)c3)c2c(=O)[nH]1. The normalized spacial score (nSPS) is 12.0. The molecule has 1 aromatic carbocycles. The first-order chi connectivity index (χ1) is 10.3. The van der Waals surface area contributed by atoms with Crippen molar-refractivity contribution in [3.8, 4) is 5.69 Å². The lowest BCUT2D eigenvalue weighted by molar-refractivity contribution is -0.137. The number of benzene rings is 1. The predicted octanol–water partition coefficient (Wildman–Crippen LogP) is 1.73. The maximum Gasteiger partial charge on any atom is 0.416 e. The van der Waals surface area contributed by atoms with Gasteiger partial charge < -0.3 is 4.98 Å². The fourth-order valence-corrected chi connectivity index (χ4v) is 2.20. The average molecular weight is 310 g/mol. The highest BCUT2D eigenvalue weighted by Gasteiger charge is 2.30. The van der Waals surface area contributed by atoms with Crippen molar-refractivity contribution in [2.24, 2.45) is 0 Å². The number of alkyl halides is 3. The summed E-state index contributed by atoms with van der Waals surface area (Å²) in [5.74, 6) is 0.287. The molecule has 114 valence electrons. The lowest BCUT2D eigenvalue weighted by Crippen LogP contribution is -2.19. The summed E-state index contributed by atoms with van der Waals surface area (Å²) in [4.78, 5) is 32.7. The van der Waals surface area contributed by atoms with Crippen molar-refractivity contribution in [1.82, 2.24) is 19.5 Å². The van der Waals surface area contributed by atoms with Crippen LogP contribution in [0.3, 0.4) is 0 Å². The Morgan fingerprint density at radius 3 is 2.59 bits per heavy atom. The second-order valence-electron chi connectivity index (χ2n) is 4.66. The number of fused-ring (bicyclic) bond motifs is 1. The Kier molecular flexibility index (Phi) is 2.94. The Morgan fingerprint density at radius 2 is 1.91 bits per heavy atom. The van der Waals surface area contributed by atoms with Crippen LogP contribution in [0, 0.1) is 6.92 Å². The van der Waals surface area contributed by atoms with Gasteiger partial charge in [-0.3, -0.25) is 14.3 Å². The van der Waals surface area contributed by atoms with E-state index in [1.165, 1.54) is 19.1 Å². The highest BCUT2D eigenvalue weighted by Crippen LogP contribution is 2.30. The largest absolute Gasteiger partial charge is 0.416 e. The molecule has 2 N–H and O–H groups in total. The molecule has 0 saturated heterocycles. The van der Waals surface area contributed by atoms with Crippen molar-refractivity contribution in [2.75, 3.05) is 0 Å². The quantitative estimate of drug-likeness (QED) is 0.718. The highest BCUT2D eigenvalue weighted by molar-refractivity contribution is 5.72. The Hall–Kier alpha value is -2.84. The molecule has 0 aliphatic carbocycles. The van der Waals surface area contributed by atoms with Gasteiger partial charge >= 0.3 is 11.9 Å². The molecular formula is C13H9F3N4O2. The van der Waals surface area contributed by atoms with Crippen LogP contribution in [-0.4, -0.2) is 19.5 Å². The third-order valence-corrected chi connectivity index (χ3v) is 3.10. The molecule has 22 heavy (non-hydrogen) atoms. The first kappa shape index (κ1) is 14.1. The van der Waals surface area contributed by atoms with Crippen LogP contribution in [-0.2, 0) is 6.18 Å². The average Bonchev–Trinajstić information content (AvgIpc) is 2.74. The van der Waals surface area contributed by atoms with E-state index < -0.39 is 23.0 Å². The topological polar surface area (TPSA) is 83.5 Å². The molecule has 0 spiro atoms. The van der Waals surface area contributed by atoms with Gasteiger partial charge in [0.2, 0.25) is 0 Å². The summed E-state index contributed by atoms with van der Waals surface area (Å²) < 4.78 is 39.2. The number of hydrogen-bond donors (Lipinski definition) is 2. The zero-order valence-electron chi connectivity index (χ0n) is 11.2. The zero-order valence-corrected chi connectivity index (χ0v) is 11.2. The summed E-state index contributed by atoms with van der Waals surface area (Å²) in [5.41, 5.74) is -2.44. The van der Waals surface area contributed by atoms with Crippen molar-refractivity contribution >= 4 is 11.2 Å². The van der Waals surface area contributed by atoms with Gasteiger partial charge in [-0.05, 0) is 25.1 Å². The lowest BCUT2D eigenvalue weighted by Gasteiger charge is -2.09. The third-order valence-electron chi connectivity index (χ3n) is 3.10. The van der Waals surface area contributed by atoms with E-state index in [1.54, 1.807) is 0 Å². The summed E-state index contributed by atoms with van der Waals surface area (Å²) in [6.45, 7) is 1.53. The van der Waals surface area contributed by atoms with Crippen LogP contribution < -0.4 is 11.2 Å². The summed E-state index contributed by atoms with van der Waals surface area (Å²) >= 11 is 0. The van der Waals surface area contributed by atoms with Crippen molar-refractivity contribution < 1.29 is 13.2 Å². The van der Waals surface area contributed by atoms with E-state index in [0.29, 0.717) is 0 Å².